The zero-order valence-corrected chi connectivity index (χ0v) is 11.2. The van der Waals surface area contributed by atoms with Gasteiger partial charge in [-0.15, -0.1) is 0 Å². The Morgan fingerprint density at radius 1 is 1.16 bits per heavy atom. The Hall–Kier alpha value is -2.43. The summed E-state index contributed by atoms with van der Waals surface area (Å²) >= 11 is 0. The molecule has 1 rings (SSSR count). The molecule has 0 radical (unpaired) electrons. The van der Waals surface area contributed by atoms with Crippen LogP contribution in [0.3, 0.4) is 0 Å². The minimum absolute atomic E-state index is 0.0871. The van der Waals surface area contributed by atoms with Gasteiger partial charge in [0.05, 0.1) is 5.82 Å². The summed E-state index contributed by atoms with van der Waals surface area (Å²) in [5.41, 5.74) is 18.3. The molecule has 1 aromatic carbocycles. The Kier molecular flexibility index (Phi) is 5.00. The number of carbonyl (C=O) groups is 1. The predicted octanol–water partition coefficient (Wildman–Crippen LogP) is 0.883. The Morgan fingerprint density at radius 3 is 2.37 bits per heavy atom. The van der Waals surface area contributed by atoms with Crippen LogP contribution < -0.4 is 22.5 Å². The van der Waals surface area contributed by atoms with Crippen LogP contribution in [0.15, 0.2) is 42.2 Å². The molecule has 1 amide bonds. The molecular weight excluding hydrogens is 240 g/mol. The molecule has 19 heavy (non-hydrogen) atoms. The van der Waals surface area contributed by atoms with Crippen LogP contribution >= 0.6 is 0 Å². The number of rotatable bonds is 4. The van der Waals surface area contributed by atoms with Crippen LogP contribution in [-0.2, 0) is 0 Å². The minimum Gasteiger partial charge on any atom is -0.398 e. The second kappa shape index (κ2) is 6.49. The lowest BCUT2D eigenvalue weighted by Gasteiger charge is -2.09. The van der Waals surface area contributed by atoms with Crippen LogP contribution in [0, 0.1) is 0 Å². The van der Waals surface area contributed by atoms with Crippen LogP contribution in [0.2, 0.25) is 0 Å². The molecule has 5 nitrogen and oxygen atoms in total. The summed E-state index contributed by atoms with van der Waals surface area (Å²) in [6, 6.07) is 7.15. The quantitative estimate of drug-likeness (QED) is 0.603. The number of carbonyl (C=O) groups excluding carboxylic acids is 1. The predicted molar refractivity (Wildman–Crippen MR) is 77.7 cm³/mol. The van der Waals surface area contributed by atoms with E-state index in [0.29, 0.717) is 11.3 Å². The molecule has 5 heteroatoms. The maximum absolute atomic E-state index is 11.9. The van der Waals surface area contributed by atoms with Gasteiger partial charge in [0, 0.05) is 17.3 Å². The summed E-state index contributed by atoms with van der Waals surface area (Å²) in [4.78, 5) is 11.9. The fraction of sp³-hybridized carbons (Fsp3) is 0.214. The number of hydrogen-bond donors (Lipinski definition) is 4. The number of amides is 1. The number of nitrogens with one attached hydrogen (secondary N) is 1. The zero-order chi connectivity index (χ0) is 14.4. The molecule has 102 valence electrons. The monoisotopic (exact) mass is 260 g/mol. The largest absolute Gasteiger partial charge is 0.398 e. The first-order valence-electron chi connectivity index (χ1n) is 6.00. The number of allylic oxidation sites excluding steroid dienone is 2. The molecule has 0 spiro atoms. The van der Waals surface area contributed by atoms with Crippen molar-refractivity contribution in [1.82, 2.24) is 5.32 Å². The van der Waals surface area contributed by atoms with Gasteiger partial charge in [-0.05, 0) is 43.7 Å². The van der Waals surface area contributed by atoms with E-state index in [1.165, 1.54) is 6.08 Å². The van der Waals surface area contributed by atoms with Crippen LogP contribution in [0.25, 0.3) is 5.70 Å². The number of hydrogen-bond acceptors (Lipinski definition) is 4. The Morgan fingerprint density at radius 2 is 1.79 bits per heavy atom. The summed E-state index contributed by atoms with van der Waals surface area (Å²) in [6.45, 7) is 3.82. The topological polar surface area (TPSA) is 107 Å². The van der Waals surface area contributed by atoms with Gasteiger partial charge in [0.15, 0.2) is 0 Å². The molecule has 0 bridgehead atoms. The van der Waals surface area contributed by atoms with Gasteiger partial charge in [0.1, 0.15) is 0 Å². The molecular formula is C14H20N4O. The van der Waals surface area contributed by atoms with Gasteiger partial charge >= 0.3 is 0 Å². The maximum Gasteiger partial charge on any atom is 0.251 e. The van der Waals surface area contributed by atoms with Gasteiger partial charge < -0.3 is 22.5 Å². The first-order valence-corrected chi connectivity index (χ1v) is 6.00. The molecule has 0 fully saturated rings. The van der Waals surface area contributed by atoms with Crippen molar-refractivity contribution >= 4 is 11.6 Å². The molecule has 0 unspecified atom stereocenters. The van der Waals surface area contributed by atoms with Crippen molar-refractivity contribution in [3.05, 3.63) is 53.4 Å². The molecule has 0 saturated carbocycles. The van der Waals surface area contributed by atoms with Gasteiger partial charge in [-0.3, -0.25) is 4.79 Å². The fourth-order valence-corrected chi connectivity index (χ4v) is 1.47. The highest BCUT2D eigenvalue weighted by Gasteiger charge is 2.07. The second-order valence-corrected chi connectivity index (χ2v) is 4.50. The van der Waals surface area contributed by atoms with Crippen molar-refractivity contribution in [1.29, 1.82) is 0 Å². The van der Waals surface area contributed by atoms with Gasteiger partial charge in [0.2, 0.25) is 0 Å². The van der Waals surface area contributed by atoms with E-state index >= 15 is 0 Å². The van der Waals surface area contributed by atoms with E-state index in [0.717, 1.165) is 5.56 Å². The average molecular weight is 260 g/mol. The van der Waals surface area contributed by atoms with E-state index in [4.69, 9.17) is 17.2 Å². The van der Waals surface area contributed by atoms with Gasteiger partial charge in [-0.1, -0.05) is 12.1 Å². The molecule has 0 atom stereocenters. The van der Waals surface area contributed by atoms with Crippen LogP contribution in [0.1, 0.15) is 29.8 Å². The molecule has 0 aliphatic heterocycles. The summed E-state index contributed by atoms with van der Waals surface area (Å²) < 4.78 is 0. The summed E-state index contributed by atoms with van der Waals surface area (Å²) in [6.07, 6.45) is 3.12. The number of benzene rings is 1. The standard InChI is InChI=1S/C14H20N4O/c1-9(2)18-14(19)11-5-3-4-10(8-11)12(15)6-7-13(16)17/h3-9H,15-17H2,1-2H3,(H,18,19)/b12-6-. The lowest BCUT2D eigenvalue weighted by molar-refractivity contribution is 0.0943. The molecule has 0 heterocycles. The van der Waals surface area contributed by atoms with E-state index in [1.54, 1.807) is 24.3 Å². The second-order valence-electron chi connectivity index (χ2n) is 4.50. The SMILES string of the molecule is CC(C)NC(=O)c1cccc(/C(N)=C/C=C(N)N)c1. The maximum atomic E-state index is 11.9. The van der Waals surface area contributed by atoms with Crippen LogP contribution in [0.5, 0.6) is 0 Å². The van der Waals surface area contributed by atoms with Gasteiger partial charge in [-0.2, -0.15) is 0 Å². The third-order valence-electron chi connectivity index (χ3n) is 2.33. The highest BCUT2D eigenvalue weighted by molar-refractivity contribution is 5.95. The van der Waals surface area contributed by atoms with Crippen molar-refractivity contribution in [2.45, 2.75) is 19.9 Å². The first-order chi connectivity index (χ1) is 8.90. The zero-order valence-electron chi connectivity index (χ0n) is 11.2. The fourth-order valence-electron chi connectivity index (χ4n) is 1.47. The third-order valence-corrected chi connectivity index (χ3v) is 2.33. The van der Waals surface area contributed by atoms with E-state index in [9.17, 15) is 4.79 Å². The van der Waals surface area contributed by atoms with Gasteiger partial charge in [-0.25, -0.2) is 0 Å². The average Bonchev–Trinajstić information content (AvgIpc) is 2.35. The van der Waals surface area contributed by atoms with Crippen molar-refractivity contribution in [2.75, 3.05) is 0 Å². The lowest BCUT2D eigenvalue weighted by atomic mass is 10.1. The highest BCUT2D eigenvalue weighted by Crippen LogP contribution is 2.12. The molecule has 0 saturated heterocycles. The Balaban J connectivity index is 2.97. The third kappa shape index (κ3) is 4.75. The molecule has 0 aliphatic rings. The van der Waals surface area contributed by atoms with Crippen molar-refractivity contribution in [3.63, 3.8) is 0 Å². The Labute approximate surface area is 113 Å². The van der Waals surface area contributed by atoms with Crippen molar-refractivity contribution in [2.24, 2.45) is 17.2 Å². The van der Waals surface area contributed by atoms with Crippen molar-refractivity contribution in [3.8, 4) is 0 Å². The minimum atomic E-state index is -0.126. The smallest absolute Gasteiger partial charge is 0.251 e. The molecule has 1 aromatic rings. The van der Waals surface area contributed by atoms with E-state index in [-0.39, 0.29) is 17.8 Å². The normalized spacial score (nSPS) is 11.2. The molecule has 0 aliphatic carbocycles. The van der Waals surface area contributed by atoms with E-state index in [2.05, 4.69) is 5.32 Å². The van der Waals surface area contributed by atoms with Crippen molar-refractivity contribution < 1.29 is 4.79 Å². The highest BCUT2D eigenvalue weighted by atomic mass is 16.1. The Bertz CT molecular complexity index is 514. The molecule has 0 aromatic heterocycles. The van der Waals surface area contributed by atoms with E-state index < -0.39 is 0 Å². The summed E-state index contributed by atoms with van der Waals surface area (Å²) in [5.74, 6) is 0.0511. The van der Waals surface area contributed by atoms with Gasteiger partial charge in [0.25, 0.3) is 5.91 Å². The summed E-state index contributed by atoms with van der Waals surface area (Å²) in [5, 5.41) is 2.82. The summed E-state index contributed by atoms with van der Waals surface area (Å²) in [7, 11) is 0. The van der Waals surface area contributed by atoms with Crippen LogP contribution in [0.4, 0.5) is 0 Å². The van der Waals surface area contributed by atoms with Crippen LogP contribution in [-0.4, -0.2) is 11.9 Å². The first kappa shape index (κ1) is 14.6. The lowest BCUT2D eigenvalue weighted by Crippen LogP contribution is -2.30. The molecule has 7 N–H and O–H groups in total. The van der Waals surface area contributed by atoms with E-state index in [1.807, 2.05) is 19.9 Å². The number of nitrogens with two attached hydrogens (primary N) is 3.